The molecule has 2 N–H and O–H groups in total. The van der Waals surface area contributed by atoms with Crippen molar-refractivity contribution in [2.75, 3.05) is 0 Å². The number of aliphatic carboxylic acids is 1. The number of hydrogen-bond donors (Lipinski definition) is 2. The van der Waals surface area contributed by atoms with Gasteiger partial charge in [-0.05, 0) is 12.2 Å². The first kappa shape index (κ1) is 11.1. The van der Waals surface area contributed by atoms with E-state index < -0.39 is 24.2 Å². The van der Waals surface area contributed by atoms with Crippen LogP contribution in [0.4, 0.5) is 8.78 Å². The Balaban J connectivity index is 2.07. The van der Waals surface area contributed by atoms with Crippen LogP contribution in [-0.4, -0.2) is 39.3 Å². The van der Waals surface area contributed by atoms with Gasteiger partial charge in [0.25, 0.3) is 5.92 Å². The van der Waals surface area contributed by atoms with Crippen LogP contribution in [0.3, 0.4) is 0 Å². The van der Waals surface area contributed by atoms with Gasteiger partial charge >= 0.3 is 5.97 Å². The molecule has 0 spiro atoms. The molecule has 1 saturated carbocycles. The molecule has 0 aromatic carbocycles. The number of carbonyl (C=O) groups is 1. The van der Waals surface area contributed by atoms with Gasteiger partial charge < -0.3 is 15.1 Å². The first-order valence-electron chi connectivity index (χ1n) is 4.86. The maximum Gasteiger partial charge on any atom is 0.336 e. The minimum atomic E-state index is -2.69. The van der Waals surface area contributed by atoms with Crippen LogP contribution in [0.25, 0.3) is 0 Å². The molecule has 4 nitrogen and oxygen atoms in total. The number of halogens is 2. The molecule has 2 aliphatic rings. The number of allylic oxidation sites excluding steroid dienone is 2. The van der Waals surface area contributed by atoms with Crippen molar-refractivity contribution in [3.05, 3.63) is 23.9 Å². The molecule has 1 fully saturated rings. The summed E-state index contributed by atoms with van der Waals surface area (Å²) in [5, 5.41) is 18.5. The van der Waals surface area contributed by atoms with Crippen LogP contribution in [0, 0.1) is 0 Å². The Labute approximate surface area is 90.5 Å². The van der Waals surface area contributed by atoms with Gasteiger partial charge in [0.15, 0.2) is 6.23 Å². The highest BCUT2D eigenvalue weighted by atomic mass is 19.3. The largest absolute Gasteiger partial charge is 0.478 e. The van der Waals surface area contributed by atoms with E-state index in [1.165, 1.54) is 23.3 Å². The highest BCUT2D eigenvalue weighted by molar-refractivity contribution is 5.88. The van der Waals surface area contributed by atoms with Gasteiger partial charge in [0.05, 0.1) is 5.57 Å². The summed E-state index contributed by atoms with van der Waals surface area (Å²) in [6.07, 6.45) is 2.11. The van der Waals surface area contributed by atoms with Crippen molar-refractivity contribution < 1.29 is 23.8 Å². The minimum Gasteiger partial charge on any atom is -0.478 e. The summed E-state index contributed by atoms with van der Waals surface area (Å²) in [5.41, 5.74) is -0.197. The molecule has 1 aliphatic carbocycles. The molecule has 2 rings (SSSR count). The fourth-order valence-corrected chi connectivity index (χ4v) is 1.92. The molecule has 1 unspecified atom stereocenters. The second-order valence-electron chi connectivity index (χ2n) is 4.01. The highest BCUT2D eigenvalue weighted by Crippen LogP contribution is 2.42. The molecular weight excluding hydrogens is 220 g/mol. The second-order valence-corrected chi connectivity index (χ2v) is 4.01. The quantitative estimate of drug-likeness (QED) is 0.742. The SMILES string of the molecule is O=C(O)C1=CC=CN(C2CC(F)(F)C2)C1O. The number of aliphatic hydroxyl groups excluding tert-OH is 1. The molecule has 88 valence electrons. The normalized spacial score (nSPS) is 28.6. The Morgan fingerprint density at radius 2 is 2.12 bits per heavy atom. The highest BCUT2D eigenvalue weighted by Gasteiger charge is 2.49. The van der Waals surface area contributed by atoms with E-state index in [4.69, 9.17) is 5.11 Å². The predicted molar refractivity (Wildman–Crippen MR) is 50.7 cm³/mol. The smallest absolute Gasteiger partial charge is 0.336 e. The number of carboxylic acids is 1. The third-order valence-electron chi connectivity index (χ3n) is 2.83. The number of rotatable bonds is 2. The van der Waals surface area contributed by atoms with E-state index in [0.717, 1.165) is 0 Å². The zero-order chi connectivity index (χ0) is 11.9. The lowest BCUT2D eigenvalue weighted by Gasteiger charge is -2.44. The zero-order valence-electron chi connectivity index (χ0n) is 8.31. The topological polar surface area (TPSA) is 60.8 Å². The maximum atomic E-state index is 12.7. The Hall–Kier alpha value is -1.43. The fourth-order valence-electron chi connectivity index (χ4n) is 1.92. The monoisotopic (exact) mass is 231 g/mol. The van der Waals surface area contributed by atoms with Gasteiger partial charge in [0.2, 0.25) is 0 Å². The van der Waals surface area contributed by atoms with E-state index in [1.54, 1.807) is 0 Å². The van der Waals surface area contributed by atoms with Crippen molar-refractivity contribution in [1.82, 2.24) is 4.90 Å². The third kappa shape index (κ3) is 1.80. The van der Waals surface area contributed by atoms with Gasteiger partial charge in [-0.15, -0.1) is 0 Å². The van der Waals surface area contributed by atoms with Crippen molar-refractivity contribution in [3.63, 3.8) is 0 Å². The van der Waals surface area contributed by atoms with Gasteiger partial charge in [-0.3, -0.25) is 0 Å². The average Bonchev–Trinajstić information content (AvgIpc) is 2.14. The molecule has 1 heterocycles. The Morgan fingerprint density at radius 1 is 1.50 bits per heavy atom. The zero-order valence-corrected chi connectivity index (χ0v) is 8.31. The van der Waals surface area contributed by atoms with Gasteiger partial charge in [-0.2, -0.15) is 0 Å². The van der Waals surface area contributed by atoms with Crippen LogP contribution in [-0.2, 0) is 4.79 Å². The van der Waals surface area contributed by atoms with Crippen LogP contribution in [0.5, 0.6) is 0 Å². The Morgan fingerprint density at radius 3 is 2.62 bits per heavy atom. The molecule has 0 bridgehead atoms. The summed E-state index contributed by atoms with van der Waals surface area (Å²) in [7, 11) is 0. The van der Waals surface area contributed by atoms with E-state index in [0.29, 0.717) is 0 Å². The van der Waals surface area contributed by atoms with E-state index in [9.17, 15) is 18.7 Å². The number of aliphatic hydroxyl groups is 1. The van der Waals surface area contributed by atoms with E-state index in [2.05, 4.69) is 0 Å². The fraction of sp³-hybridized carbons (Fsp3) is 0.500. The number of carboxylic acid groups (broad SMARTS) is 1. The number of hydrogen-bond acceptors (Lipinski definition) is 3. The summed E-state index contributed by atoms with van der Waals surface area (Å²) >= 11 is 0. The lowest BCUT2D eigenvalue weighted by atomic mass is 9.86. The molecule has 0 saturated heterocycles. The molecule has 1 atom stereocenters. The first-order valence-corrected chi connectivity index (χ1v) is 4.86. The molecule has 6 heteroatoms. The van der Waals surface area contributed by atoms with Crippen LogP contribution >= 0.6 is 0 Å². The van der Waals surface area contributed by atoms with Crippen molar-refractivity contribution in [1.29, 1.82) is 0 Å². The summed E-state index contributed by atoms with van der Waals surface area (Å²) in [4.78, 5) is 12.0. The van der Waals surface area contributed by atoms with Gasteiger partial charge in [0.1, 0.15) is 0 Å². The Kier molecular flexibility index (Phi) is 2.46. The van der Waals surface area contributed by atoms with Crippen LogP contribution in [0.1, 0.15) is 12.8 Å². The van der Waals surface area contributed by atoms with Crippen molar-refractivity contribution in [2.45, 2.75) is 31.0 Å². The standard InChI is InChI=1S/C10H11F2NO3/c11-10(12)4-6(5-10)13-3-1-2-7(8(13)14)9(15)16/h1-3,6,8,14H,4-5H2,(H,15,16). The lowest BCUT2D eigenvalue weighted by molar-refractivity contribution is -0.144. The average molecular weight is 231 g/mol. The minimum absolute atomic E-state index is 0.197. The summed E-state index contributed by atoms with van der Waals surface area (Å²) in [6.45, 7) is 0. The second kappa shape index (κ2) is 3.55. The van der Waals surface area contributed by atoms with Gasteiger partial charge in [-0.25, -0.2) is 13.6 Å². The molecular formula is C10H11F2NO3. The van der Waals surface area contributed by atoms with Gasteiger partial charge in [0, 0.05) is 25.1 Å². The summed E-state index contributed by atoms with van der Waals surface area (Å²) in [5.74, 6) is -3.93. The van der Waals surface area contributed by atoms with Crippen molar-refractivity contribution in [2.24, 2.45) is 0 Å². The Bertz CT molecular complexity index is 370. The summed E-state index contributed by atoms with van der Waals surface area (Å²) < 4.78 is 25.3. The van der Waals surface area contributed by atoms with E-state index in [1.807, 2.05) is 0 Å². The molecule has 0 aromatic heterocycles. The van der Waals surface area contributed by atoms with Crippen LogP contribution < -0.4 is 0 Å². The third-order valence-corrected chi connectivity index (χ3v) is 2.83. The van der Waals surface area contributed by atoms with E-state index >= 15 is 0 Å². The number of alkyl halides is 2. The van der Waals surface area contributed by atoms with Gasteiger partial charge in [-0.1, -0.05) is 0 Å². The van der Waals surface area contributed by atoms with Crippen LogP contribution in [0.15, 0.2) is 23.9 Å². The number of nitrogens with zero attached hydrogens (tertiary/aromatic N) is 1. The molecule has 0 radical (unpaired) electrons. The molecule has 0 amide bonds. The lowest BCUT2D eigenvalue weighted by Crippen LogP contribution is -2.53. The summed E-state index contributed by atoms with van der Waals surface area (Å²) in [6, 6.07) is -0.496. The molecule has 16 heavy (non-hydrogen) atoms. The first-order chi connectivity index (χ1) is 7.41. The van der Waals surface area contributed by atoms with Crippen molar-refractivity contribution in [3.8, 4) is 0 Å². The van der Waals surface area contributed by atoms with Crippen molar-refractivity contribution >= 4 is 5.97 Å². The predicted octanol–water partition coefficient (Wildman–Crippen LogP) is 0.943. The molecule has 1 aliphatic heterocycles. The van der Waals surface area contributed by atoms with E-state index in [-0.39, 0.29) is 18.4 Å². The maximum absolute atomic E-state index is 12.7. The van der Waals surface area contributed by atoms with Crippen LogP contribution in [0.2, 0.25) is 0 Å². The molecule has 0 aromatic rings.